The van der Waals surface area contributed by atoms with Crippen LogP contribution in [0.5, 0.6) is 0 Å². The van der Waals surface area contributed by atoms with E-state index in [9.17, 15) is 9.59 Å². The van der Waals surface area contributed by atoms with Gasteiger partial charge in [-0.05, 0) is 31.9 Å². The molecule has 0 radical (unpaired) electrons. The summed E-state index contributed by atoms with van der Waals surface area (Å²) in [6, 6.07) is 7.15. The molecule has 0 aliphatic heterocycles. The van der Waals surface area contributed by atoms with E-state index in [2.05, 4.69) is 15.3 Å². The van der Waals surface area contributed by atoms with E-state index in [0.717, 1.165) is 6.54 Å². The van der Waals surface area contributed by atoms with Gasteiger partial charge in [0.15, 0.2) is 5.69 Å². The second kappa shape index (κ2) is 7.78. The third-order valence-corrected chi connectivity index (χ3v) is 4.98. The van der Waals surface area contributed by atoms with Crippen LogP contribution in [0.2, 0.25) is 0 Å². The molecule has 6 nitrogen and oxygen atoms in total. The number of amides is 1. The molecule has 3 rings (SSSR count). The van der Waals surface area contributed by atoms with Crippen LogP contribution in [0, 0.1) is 5.92 Å². The maximum atomic E-state index is 12.8. The Balaban J connectivity index is 1.88. The average Bonchev–Trinajstić information content (AvgIpc) is 2.64. The van der Waals surface area contributed by atoms with Crippen LogP contribution in [0.1, 0.15) is 42.6 Å². The number of carbonyl (C=O) groups is 1. The number of aromatic nitrogens is 2. The van der Waals surface area contributed by atoms with E-state index in [4.69, 9.17) is 0 Å². The average molecular weight is 342 g/mol. The van der Waals surface area contributed by atoms with Crippen LogP contribution in [-0.2, 0) is 6.67 Å². The van der Waals surface area contributed by atoms with E-state index in [1.807, 2.05) is 19.2 Å². The van der Waals surface area contributed by atoms with Gasteiger partial charge in [0.25, 0.3) is 11.5 Å². The van der Waals surface area contributed by atoms with E-state index >= 15 is 0 Å². The fraction of sp³-hybridized carbons (Fsp3) is 0.526. The molecule has 0 unspecified atom stereocenters. The lowest BCUT2D eigenvalue weighted by Gasteiger charge is -2.27. The van der Waals surface area contributed by atoms with E-state index in [1.165, 1.54) is 36.8 Å². The molecule has 0 bridgehead atoms. The van der Waals surface area contributed by atoms with Crippen molar-refractivity contribution in [2.45, 2.75) is 38.8 Å². The quantitative estimate of drug-likeness (QED) is 0.905. The molecule has 0 atom stereocenters. The fourth-order valence-corrected chi connectivity index (χ4v) is 3.71. The minimum atomic E-state index is -0.278. The predicted molar refractivity (Wildman–Crippen MR) is 98.6 cm³/mol. The highest BCUT2D eigenvalue weighted by atomic mass is 16.2. The summed E-state index contributed by atoms with van der Waals surface area (Å²) in [4.78, 5) is 27.1. The number of rotatable bonds is 5. The standard InChI is InChI=1S/C19H26N4O2/c1-20-18(24)17-15-10-6-7-11-16(15)19(25)23(21-17)13-22(2)12-14-8-4-3-5-9-14/h6-7,10-11,14H,3-5,8-9,12-13H2,1-2H3,(H,20,24). The minimum Gasteiger partial charge on any atom is -0.354 e. The van der Waals surface area contributed by atoms with Gasteiger partial charge in [-0.3, -0.25) is 14.5 Å². The van der Waals surface area contributed by atoms with Crippen molar-refractivity contribution in [1.29, 1.82) is 0 Å². The number of hydrogen-bond donors (Lipinski definition) is 1. The number of nitrogens with zero attached hydrogens (tertiary/aromatic N) is 3. The molecule has 0 saturated heterocycles. The van der Waals surface area contributed by atoms with Crippen LogP contribution in [0.4, 0.5) is 0 Å². The highest BCUT2D eigenvalue weighted by molar-refractivity contribution is 6.04. The van der Waals surface area contributed by atoms with Crippen LogP contribution in [0.3, 0.4) is 0 Å². The van der Waals surface area contributed by atoms with Crippen LogP contribution in [0.25, 0.3) is 10.8 Å². The molecule has 0 spiro atoms. The lowest BCUT2D eigenvalue weighted by Crippen LogP contribution is -2.36. The van der Waals surface area contributed by atoms with Gasteiger partial charge < -0.3 is 5.32 Å². The maximum Gasteiger partial charge on any atom is 0.275 e. The normalized spacial score (nSPS) is 15.6. The van der Waals surface area contributed by atoms with Gasteiger partial charge in [-0.25, -0.2) is 4.68 Å². The molecule has 6 heteroatoms. The van der Waals surface area contributed by atoms with Crippen molar-refractivity contribution >= 4 is 16.7 Å². The summed E-state index contributed by atoms with van der Waals surface area (Å²) in [5, 5.41) is 8.09. The first kappa shape index (κ1) is 17.6. The Hall–Kier alpha value is -2.21. The Morgan fingerprint density at radius 1 is 1.24 bits per heavy atom. The fourth-order valence-electron chi connectivity index (χ4n) is 3.71. The zero-order valence-electron chi connectivity index (χ0n) is 15.0. The van der Waals surface area contributed by atoms with E-state index in [1.54, 1.807) is 19.2 Å². The molecule has 1 aromatic carbocycles. The molecule has 1 aromatic heterocycles. The molecular formula is C19H26N4O2. The van der Waals surface area contributed by atoms with Gasteiger partial charge in [0.1, 0.15) is 0 Å². The number of nitrogens with one attached hydrogen (secondary N) is 1. The minimum absolute atomic E-state index is 0.154. The van der Waals surface area contributed by atoms with Gasteiger partial charge in [0.05, 0.1) is 12.1 Å². The van der Waals surface area contributed by atoms with Crippen LogP contribution < -0.4 is 10.9 Å². The van der Waals surface area contributed by atoms with Gasteiger partial charge >= 0.3 is 0 Å². The SMILES string of the molecule is CNC(=O)c1nn(CN(C)CC2CCCCC2)c(=O)c2ccccc12. The molecule has 1 fully saturated rings. The first-order valence-electron chi connectivity index (χ1n) is 9.00. The van der Waals surface area contributed by atoms with Gasteiger partial charge in [-0.15, -0.1) is 0 Å². The summed E-state index contributed by atoms with van der Waals surface area (Å²) < 4.78 is 1.41. The molecule has 1 amide bonds. The Bertz CT molecular complexity index is 809. The predicted octanol–water partition coefficient (Wildman–Crippen LogP) is 2.23. The lowest BCUT2D eigenvalue weighted by molar-refractivity contribution is 0.0955. The monoisotopic (exact) mass is 342 g/mol. The number of benzene rings is 1. The first-order chi connectivity index (χ1) is 12.1. The highest BCUT2D eigenvalue weighted by Gasteiger charge is 2.18. The van der Waals surface area contributed by atoms with Crippen molar-refractivity contribution in [1.82, 2.24) is 20.0 Å². The van der Waals surface area contributed by atoms with Crippen molar-refractivity contribution in [2.24, 2.45) is 5.92 Å². The molecule has 2 aromatic rings. The van der Waals surface area contributed by atoms with E-state index in [-0.39, 0.29) is 11.5 Å². The highest BCUT2D eigenvalue weighted by Crippen LogP contribution is 2.24. The Morgan fingerprint density at radius 3 is 2.60 bits per heavy atom. The Labute approximate surface area is 147 Å². The van der Waals surface area contributed by atoms with Crippen molar-refractivity contribution < 1.29 is 4.79 Å². The summed E-state index contributed by atoms with van der Waals surface area (Å²) >= 11 is 0. The van der Waals surface area contributed by atoms with Crippen molar-refractivity contribution in [3.63, 3.8) is 0 Å². The molecule has 1 aliphatic carbocycles. The lowest BCUT2D eigenvalue weighted by atomic mass is 9.89. The van der Waals surface area contributed by atoms with Crippen LogP contribution in [-0.4, -0.2) is 41.2 Å². The van der Waals surface area contributed by atoms with Crippen LogP contribution >= 0.6 is 0 Å². The zero-order chi connectivity index (χ0) is 17.8. The number of hydrogen-bond acceptors (Lipinski definition) is 4. The van der Waals surface area contributed by atoms with E-state index in [0.29, 0.717) is 29.1 Å². The second-order valence-electron chi connectivity index (χ2n) is 6.96. The number of carbonyl (C=O) groups excluding carboxylic acids is 1. The third kappa shape index (κ3) is 3.90. The Morgan fingerprint density at radius 2 is 1.92 bits per heavy atom. The largest absolute Gasteiger partial charge is 0.354 e. The van der Waals surface area contributed by atoms with Crippen LogP contribution in [0.15, 0.2) is 29.1 Å². The molecule has 1 N–H and O–H groups in total. The summed E-state index contributed by atoms with van der Waals surface area (Å²) in [6.07, 6.45) is 6.45. The summed E-state index contributed by atoms with van der Waals surface area (Å²) in [6.45, 7) is 1.35. The van der Waals surface area contributed by atoms with Crippen molar-refractivity contribution in [3.8, 4) is 0 Å². The summed E-state index contributed by atoms with van der Waals surface area (Å²) in [7, 11) is 3.58. The first-order valence-corrected chi connectivity index (χ1v) is 9.00. The van der Waals surface area contributed by atoms with Gasteiger partial charge in [0, 0.05) is 19.0 Å². The smallest absolute Gasteiger partial charge is 0.275 e. The van der Waals surface area contributed by atoms with Gasteiger partial charge in [-0.2, -0.15) is 5.10 Å². The van der Waals surface area contributed by atoms with Gasteiger partial charge in [-0.1, -0.05) is 37.5 Å². The number of fused-ring (bicyclic) bond motifs is 1. The van der Waals surface area contributed by atoms with Gasteiger partial charge in [0.2, 0.25) is 0 Å². The Kier molecular flexibility index (Phi) is 5.48. The van der Waals surface area contributed by atoms with E-state index < -0.39 is 0 Å². The molecular weight excluding hydrogens is 316 g/mol. The molecule has 134 valence electrons. The summed E-state index contributed by atoms with van der Waals surface area (Å²) in [5.41, 5.74) is 0.141. The molecule has 1 heterocycles. The second-order valence-corrected chi connectivity index (χ2v) is 6.96. The van der Waals surface area contributed by atoms with Crippen molar-refractivity contribution in [2.75, 3.05) is 20.6 Å². The maximum absolute atomic E-state index is 12.8. The van der Waals surface area contributed by atoms with Crippen molar-refractivity contribution in [3.05, 3.63) is 40.3 Å². The molecule has 1 aliphatic rings. The third-order valence-electron chi connectivity index (χ3n) is 4.98. The topological polar surface area (TPSA) is 67.2 Å². The zero-order valence-corrected chi connectivity index (χ0v) is 15.0. The molecule has 1 saturated carbocycles. The summed E-state index contributed by atoms with van der Waals surface area (Å²) in [5.74, 6) is 0.410. The molecule has 25 heavy (non-hydrogen) atoms.